The molecule has 120 valence electrons. The van der Waals surface area contributed by atoms with Crippen LogP contribution >= 0.6 is 0 Å². The fraction of sp³-hybridized carbons (Fsp3) is 0.938. The summed E-state index contributed by atoms with van der Waals surface area (Å²) in [7, 11) is 0. The molecule has 0 aliphatic carbocycles. The van der Waals surface area contributed by atoms with Gasteiger partial charge in [-0.3, -0.25) is 10.2 Å². The van der Waals surface area contributed by atoms with Gasteiger partial charge in [-0.15, -0.1) is 0 Å². The molecular formula is C16H34N2O2. The van der Waals surface area contributed by atoms with E-state index in [9.17, 15) is 4.79 Å². The van der Waals surface area contributed by atoms with E-state index in [-0.39, 0.29) is 6.54 Å². The van der Waals surface area contributed by atoms with Gasteiger partial charge >= 0.3 is 5.97 Å². The predicted molar refractivity (Wildman–Crippen MR) is 84.7 cm³/mol. The number of nitrogens with one attached hydrogen (secondary N) is 1. The van der Waals surface area contributed by atoms with E-state index in [2.05, 4.69) is 12.3 Å². The summed E-state index contributed by atoms with van der Waals surface area (Å²) in [5.74, 6) is -0.776. The van der Waals surface area contributed by atoms with Crippen LogP contribution in [-0.4, -0.2) is 35.7 Å². The van der Waals surface area contributed by atoms with Crippen molar-refractivity contribution >= 4 is 5.97 Å². The number of carbonyl (C=O) groups is 1. The highest BCUT2D eigenvalue weighted by molar-refractivity contribution is 5.68. The van der Waals surface area contributed by atoms with Crippen LogP contribution < -0.4 is 5.43 Å². The molecule has 4 nitrogen and oxygen atoms in total. The van der Waals surface area contributed by atoms with E-state index in [4.69, 9.17) is 5.11 Å². The van der Waals surface area contributed by atoms with Gasteiger partial charge in [-0.25, -0.2) is 5.01 Å². The van der Waals surface area contributed by atoms with Crippen LogP contribution in [0.2, 0.25) is 0 Å². The number of carboxylic acids is 1. The molecule has 0 spiro atoms. The van der Waals surface area contributed by atoms with Crippen molar-refractivity contribution in [1.29, 1.82) is 0 Å². The highest BCUT2D eigenvalue weighted by atomic mass is 16.4. The molecule has 0 atom stereocenters. The molecule has 2 N–H and O–H groups in total. The van der Waals surface area contributed by atoms with Crippen LogP contribution in [0.25, 0.3) is 0 Å². The van der Waals surface area contributed by atoms with Crippen molar-refractivity contribution in [3.8, 4) is 0 Å². The highest BCUT2D eigenvalue weighted by Gasteiger charge is 2.05. The fourth-order valence-electron chi connectivity index (χ4n) is 2.29. The summed E-state index contributed by atoms with van der Waals surface area (Å²) in [5.41, 5.74) is 3.18. The average molecular weight is 286 g/mol. The first-order valence-corrected chi connectivity index (χ1v) is 8.41. The van der Waals surface area contributed by atoms with E-state index in [0.717, 1.165) is 19.5 Å². The van der Waals surface area contributed by atoms with Gasteiger partial charge in [0.2, 0.25) is 0 Å². The van der Waals surface area contributed by atoms with Crippen LogP contribution in [0, 0.1) is 0 Å². The molecule has 0 saturated carbocycles. The van der Waals surface area contributed by atoms with Gasteiger partial charge in [0.25, 0.3) is 0 Å². The first kappa shape index (κ1) is 19.4. The number of unbranched alkanes of at least 4 members (excludes halogenated alkanes) is 9. The van der Waals surface area contributed by atoms with Gasteiger partial charge in [-0.1, -0.05) is 71.6 Å². The number of hydrazine groups is 1. The zero-order valence-corrected chi connectivity index (χ0v) is 13.5. The summed E-state index contributed by atoms with van der Waals surface area (Å²) in [4.78, 5) is 10.6. The summed E-state index contributed by atoms with van der Waals surface area (Å²) < 4.78 is 0. The minimum Gasteiger partial charge on any atom is -0.480 e. The molecule has 0 aromatic carbocycles. The minimum absolute atomic E-state index is 0.0776. The SMILES string of the molecule is CCCCCCCCCCCCNN(CC)CC(=O)O. The van der Waals surface area contributed by atoms with E-state index >= 15 is 0 Å². The number of carboxylic acid groups (broad SMARTS) is 1. The molecule has 0 aromatic rings. The summed E-state index contributed by atoms with van der Waals surface area (Å²) >= 11 is 0. The van der Waals surface area contributed by atoms with Gasteiger partial charge in [0.15, 0.2) is 0 Å². The smallest absolute Gasteiger partial charge is 0.319 e. The van der Waals surface area contributed by atoms with Gasteiger partial charge in [0.1, 0.15) is 6.54 Å². The third-order valence-electron chi connectivity index (χ3n) is 3.57. The van der Waals surface area contributed by atoms with Crippen LogP contribution in [0.5, 0.6) is 0 Å². The van der Waals surface area contributed by atoms with Crippen LogP contribution in [0.1, 0.15) is 78.1 Å². The lowest BCUT2D eigenvalue weighted by Crippen LogP contribution is -2.41. The molecule has 0 bridgehead atoms. The maximum absolute atomic E-state index is 10.6. The largest absolute Gasteiger partial charge is 0.480 e. The van der Waals surface area contributed by atoms with E-state index in [1.54, 1.807) is 5.01 Å². The minimum atomic E-state index is -0.776. The normalized spacial score (nSPS) is 11.2. The Morgan fingerprint density at radius 1 is 0.900 bits per heavy atom. The van der Waals surface area contributed by atoms with Crippen molar-refractivity contribution in [2.24, 2.45) is 0 Å². The molecule has 0 heterocycles. The second-order valence-electron chi connectivity index (χ2n) is 5.50. The number of likely N-dealkylation sites (N-methyl/N-ethyl adjacent to an activating group) is 1. The predicted octanol–water partition coefficient (Wildman–Crippen LogP) is 3.82. The van der Waals surface area contributed by atoms with Crippen LogP contribution in [0.15, 0.2) is 0 Å². The third kappa shape index (κ3) is 13.8. The lowest BCUT2D eigenvalue weighted by Gasteiger charge is -2.19. The monoisotopic (exact) mass is 286 g/mol. The molecule has 0 aliphatic heterocycles. The van der Waals surface area contributed by atoms with Gasteiger partial charge in [-0.2, -0.15) is 0 Å². The lowest BCUT2D eigenvalue weighted by atomic mass is 10.1. The Hall–Kier alpha value is -0.610. The Morgan fingerprint density at radius 2 is 1.40 bits per heavy atom. The quantitative estimate of drug-likeness (QED) is 0.355. The molecule has 0 saturated heterocycles. The summed E-state index contributed by atoms with van der Waals surface area (Å²) in [6.45, 7) is 5.91. The molecule has 0 radical (unpaired) electrons. The van der Waals surface area contributed by atoms with E-state index in [1.807, 2.05) is 6.92 Å². The molecule has 0 amide bonds. The van der Waals surface area contributed by atoms with Crippen molar-refractivity contribution in [1.82, 2.24) is 10.4 Å². The van der Waals surface area contributed by atoms with Crippen LogP contribution in [0.4, 0.5) is 0 Å². The first-order chi connectivity index (χ1) is 9.70. The molecule has 0 rings (SSSR count). The Labute approximate surface area is 124 Å². The first-order valence-electron chi connectivity index (χ1n) is 8.41. The number of nitrogens with zero attached hydrogens (tertiary/aromatic N) is 1. The van der Waals surface area contributed by atoms with Gasteiger partial charge < -0.3 is 5.11 Å². The zero-order valence-electron chi connectivity index (χ0n) is 13.5. The molecule has 4 heteroatoms. The van der Waals surface area contributed by atoms with Crippen molar-refractivity contribution in [2.45, 2.75) is 78.1 Å². The van der Waals surface area contributed by atoms with E-state index < -0.39 is 5.97 Å². The Bertz CT molecular complexity index is 223. The van der Waals surface area contributed by atoms with Gasteiger partial charge in [0, 0.05) is 13.1 Å². The van der Waals surface area contributed by atoms with Crippen molar-refractivity contribution < 1.29 is 9.90 Å². The highest BCUT2D eigenvalue weighted by Crippen LogP contribution is 2.10. The molecule has 0 unspecified atom stereocenters. The standard InChI is InChI=1S/C16H34N2O2/c1-3-5-6-7-8-9-10-11-12-13-14-17-18(4-2)15-16(19)20/h17H,3-15H2,1-2H3,(H,19,20). The Balaban J connectivity index is 3.21. The van der Waals surface area contributed by atoms with Gasteiger partial charge in [0.05, 0.1) is 0 Å². The molecule has 20 heavy (non-hydrogen) atoms. The Kier molecular flexibility index (Phi) is 14.3. The molecule has 0 aromatic heterocycles. The van der Waals surface area contributed by atoms with E-state index in [1.165, 1.54) is 57.8 Å². The molecule has 0 aliphatic rings. The van der Waals surface area contributed by atoms with Crippen molar-refractivity contribution in [2.75, 3.05) is 19.6 Å². The maximum Gasteiger partial charge on any atom is 0.319 e. The lowest BCUT2D eigenvalue weighted by molar-refractivity contribution is -0.139. The Morgan fingerprint density at radius 3 is 1.85 bits per heavy atom. The van der Waals surface area contributed by atoms with Crippen molar-refractivity contribution in [3.63, 3.8) is 0 Å². The second-order valence-corrected chi connectivity index (χ2v) is 5.50. The number of rotatable bonds is 15. The zero-order chi connectivity index (χ0) is 15.1. The summed E-state index contributed by atoms with van der Waals surface area (Å²) in [6, 6.07) is 0. The average Bonchev–Trinajstić information content (AvgIpc) is 2.43. The molecule has 0 fully saturated rings. The maximum atomic E-state index is 10.6. The second kappa shape index (κ2) is 14.8. The van der Waals surface area contributed by atoms with Crippen molar-refractivity contribution in [3.05, 3.63) is 0 Å². The number of aliphatic carboxylic acids is 1. The number of hydrogen-bond donors (Lipinski definition) is 2. The number of hydrogen-bond acceptors (Lipinski definition) is 3. The van der Waals surface area contributed by atoms with Crippen LogP contribution in [-0.2, 0) is 4.79 Å². The topological polar surface area (TPSA) is 52.6 Å². The third-order valence-corrected chi connectivity index (χ3v) is 3.57. The summed E-state index contributed by atoms with van der Waals surface area (Å²) in [5, 5.41) is 10.5. The fourth-order valence-corrected chi connectivity index (χ4v) is 2.29. The van der Waals surface area contributed by atoms with E-state index in [0.29, 0.717) is 0 Å². The van der Waals surface area contributed by atoms with Gasteiger partial charge in [-0.05, 0) is 6.42 Å². The molecular weight excluding hydrogens is 252 g/mol. The van der Waals surface area contributed by atoms with Crippen LogP contribution in [0.3, 0.4) is 0 Å². The summed E-state index contributed by atoms with van der Waals surface area (Å²) in [6.07, 6.45) is 13.3.